The summed E-state index contributed by atoms with van der Waals surface area (Å²) in [5, 5.41) is 2.87. The zero-order valence-electron chi connectivity index (χ0n) is 13.2. The first-order chi connectivity index (χ1) is 11.1. The van der Waals surface area contributed by atoms with Crippen LogP contribution < -0.4 is 10.2 Å². The fraction of sp³-hybridized carbons (Fsp3) is 0.263. The van der Waals surface area contributed by atoms with Crippen LogP contribution in [-0.2, 0) is 16.0 Å². The van der Waals surface area contributed by atoms with Crippen molar-refractivity contribution in [3.8, 4) is 0 Å². The summed E-state index contributed by atoms with van der Waals surface area (Å²) in [5.74, 6) is -0.137. The molecule has 0 unspecified atom stereocenters. The lowest BCUT2D eigenvalue weighted by atomic mass is 10.1. The predicted octanol–water partition coefficient (Wildman–Crippen LogP) is 2.46. The number of rotatable bonds is 4. The van der Waals surface area contributed by atoms with Gasteiger partial charge in [-0.25, -0.2) is 0 Å². The van der Waals surface area contributed by atoms with Gasteiger partial charge in [0, 0.05) is 12.2 Å². The number of carbonyl (C=O) groups is 2. The minimum Gasteiger partial charge on any atom is -0.344 e. The number of hydrogen-bond acceptors (Lipinski definition) is 2. The average molecular weight is 308 g/mol. The lowest BCUT2D eigenvalue weighted by Gasteiger charge is -2.17. The van der Waals surface area contributed by atoms with Crippen LogP contribution in [0.25, 0.3) is 0 Å². The van der Waals surface area contributed by atoms with E-state index < -0.39 is 6.04 Å². The summed E-state index contributed by atoms with van der Waals surface area (Å²) in [5.41, 5.74) is 2.97. The summed E-state index contributed by atoms with van der Waals surface area (Å²) in [6, 6.07) is 17.0. The molecule has 0 aromatic heterocycles. The van der Waals surface area contributed by atoms with E-state index in [2.05, 4.69) is 5.32 Å². The smallest absolute Gasteiger partial charge is 0.249 e. The molecule has 1 aliphatic heterocycles. The monoisotopic (exact) mass is 308 g/mol. The van der Waals surface area contributed by atoms with Crippen LogP contribution in [-0.4, -0.2) is 24.4 Å². The fourth-order valence-electron chi connectivity index (χ4n) is 2.90. The maximum Gasteiger partial charge on any atom is 0.249 e. The quantitative estimate of drug-likeness (QED) is 0.943. The zero-order chi connectivity index (χ0) is 16.2. The molecule has 0 saturated carbocycles. The minimum absolute atomic E-state index is 0.0330. The summed E-state index contributed by atoms with van der Waals surface area (Å²) in [6.45, 7) is 2.62. The largest absolute Gasteiger partial charge is 0.344 e. The number of nitrogens with zero attached hydrogens (tertiary/aromatic N) is 1. The third-order valence-electron chi connectivity index (χ3n) is 4.22. The van der Waals surface area contributed by atoms with Crippen LogP contribution in [0.15, 0.2) is 54.6 Å². The van der Waals surface area contributed by atoms with E-state index in [1.807, 2.05) is 61.5 Å². The molecule has 1 heterocycles. The number of hydrogen-bond donors (Lipinski definition) is 1. The van der Waals surface area contributed by atoms with E-state index in [1.165, 1.54) is 0 Å². The van der Waals surface area contributed by atoms with Crippen LogP contribution in [0.1, 0.15) is 17.5 Å². The zero-order valence-corrected chi connectivity index (χ0v) is 13.2. The number of benzene rings is 2. The van der Waals surface area contributed by atoms with E-state index in [1.54, 1.807) is 4.90 Å². The van der Waals surface area contributed by atoms with Crippen molar-refractivity contribution in [1.29, 1.82) is 0 Å². The van der Waals surface area contributed by atoms with E-state index >= 15 is 0 Å². The molecule has 1 saturated heterocycles. The summed E-state index contributed by atoms with van der Waals surface area (Å²) in [6.07, 6.45) is 0.953. The molecule has 4 heteroatoms. The Kier molecular flexibility index (Phi) is 4.42. The van der Waals surface area contributed by atoms with Gasteiger partial charge in [-0.15, -0.1) is 0 Å². The molecule has 2 aromatic rings. The lowest BCUT2D eigenvalue weighted by Crippen LogP contribution is -2.42. The summed E-state index contributed by atoms with van der Waals surface area (Å²) >= 11 is 0. The predicted molar refractivity (Wildman–Crippen MR) is 90.2 cm³/mol. The molecule has 1 fully saturated rings. The van der Waals surface area contributed by atoms with Crippen molar-refractivity contribution >= 4 is 17.5 Å². The van der Waals surface area contributed by atoms with E-state index in [0.29, 0.717) is 19.4 Å². The molecule has 0 radical (unpaired) electrons. The van der Waals surface area contributed by atoms with Crippen LogP contribution in [0.3, 0.4) is 0 Å². The Morgan fingerprint density at radius 1 is 1.13 bits per heavy atom. The lowest BCUT2D eigenvalue weighted by molar-refractivity contribution is -0.126. The Hall–Kier alpha value is -2.62. The Balaban J connectivity index is 1.62. The van der Waals surface area contributed by atoms with Crippen LogP contribution in [0.5, 0.6) is 0 Å². The number of anilines is 1. The highest BCUT2D eigenvalue weighted by Crippen LogP contribution is 2.21. The van der Waals surface area contributed by atoms with Crippen molar-refractivity contribution in [3.05, 3.63) is 65.7 Å². The molecule has 118 valence electrons. The van der Waals surface area contributed by atoms with Gasteiger partial charge in [0.2, 0.25) is 11.8 Å². The normalized spacial score (nSPS) is 17.3. The van der Waals surface area contributed by atoms with Crippen LogP contribution in [0.2, 0.25) is 0 Å². The molecule has 1 aliphatic rings. The van der Waals surface area contributed by atoms with Gasteiger partial charge < -0.3 is 10.2 Å². The number of para-hydroxylation sites is 1. The topological polar surface area (TPSA) is 49.4 Å². The average Bonchev–Trinajstić information content (AvgIpc) is 2.91. The molecule has 0 bridgehead atoms. The summed E-state index contributed by atoms with van der Waals surface area (Å²) < 4.78 is 0. The van der Waals surface area contributed by atoms with Crippen molar-refractivity contribution in [1.82, 2.24) is 5.32 Å². The Bertz CT molecular complexity index is 712. The number of nitrogens with one attached hydrogen (secondary N) is 1. The molecule has 2 aromatic carbocycles. The standard InChI is InChI=1S/C19H20N2O2/c1-14-7-5-6-8-15(14)13-18(22)20-17-11-12-21(19(17)23)16-9-3-2-4-10-16/h2-10,17H,11-13H2,1H3,(H,20,22)/t17-/m1/s1. The summed E-state index contributed by atoms with van der Waals surface area (Å²) in [7, 11) is 0. The Morgan fingerprint density at radius 2 is 1.83 bits per heavy atom. The molecule has 0 aliphatic carbocycles. The van der Waals surface area contributed by atoms with Gasteiger partial charge in [-0.05, 0) is 36.6 Å². The molecule has 1 atom stereocenters. The molecule has 3 rings (SSSR count). The summed E-state index contributed by atoms with van der Waals surface area (Å²) in [4.78, 5) is 26.4. The van der Waals surface area contributed by atoms with E-state index in [4.69, 9.17) is 0 Å². The molecule has 1 N–H and O–H groups in total. The van der Waals surface area contributed by atoms with Gasteiger partial charge >= 0.3 is 0 Å². The highest BCUT2D eigenvalue weighted by atomic mass is 16.2. The van der Waals surface area contributed by atoms with Gasteiger partial charge in [0.25, 0.3) is 0 Å². The molecular formula is C19H20N2O2. The van der Waals surface area contributed by atoms with Gasteiger partial charge in [-0.3, -0.25) is 9.59 Å². The second-order valence-electron chi connectivity index (χ2n) is 5.84. The second kappa shape index (κ2) is 6.65. The first-order valence-electron chi connectivity index (χ1n) is 7.85. The molecule has 23 heavy (non-hydrogen) atoms. The van der Waals surface area contributed by atoms with Gasteiger partial charge in [-0.2, -0.15) is 0 Å². The third-order valence-corrected chi connectivity index (χ3v) is 4.22. The SMILES string of the molecule is Cc1ccccc1CC(=O)N[C@@H]1CCN(c2ccccc2)C1=O. The second-order valence-corrected chi connectivity index (χ2v) is 5.84. The van der Waals surface area contributed by atoms with E-state index in [-0.39, 0.29) is 11.8 Å². The highest BCUT2D eigenvalue weighted by Gasteiger charge is 2.33. The van der Waals surface area contributed by atoms with Crippen molar-refractivity contribution in [2.45, 2.75) is 25.8 Å². The van der Waals surface area contributed by atoms with Crippen molar-refractivity contribution < 1.29 is 9.59 Å². The molecule has 0 spiro atoms. The van der Waals surface area contributed by atoms with Crippen LogP contribution >= 0.6 is 0 Å². The maximum absolute atomic E-state index is 12.5. The Morgan fingerprint density at radius 3 is 2.57 bits per heavy atom. The van der Waals surface area contributed by atoms with Crippen molar-refractivity contribution in [2.24, 2.45) is 0 Å². The molecule has 2 amide bonds. The van der Waals surface area contributed by atoms with Crippen LogP contribution in [0.4, 0.5) is 5.69 Å². The molecule has 4 nitrogen and oxygen atoms in total. The van der Waals surface area contributed by atoms with Gasteiger partial charge in [0.15, 0.2) is 0 Å². The minimum atomic E-state index is -0.424. The number of carbonyl (C=O) groups excluding carboxylic acids is 2. The van der Waals surface area contributed by atoms with Gasteiger partial charge in [0.05, 0.1) is 6.42 Å². The molecular weight excluding hydrogens is 288 g/mol. The fourth-order valence-corrected chi connectivity index (χ4v) is 2.90. The highest BCUT2D eigenvalue weighted by molar-refractivity contribution is 6.01. The number of amides is 2. The van der Waals surface area contributed by atoms with Gasteiger partial charge in [-0.1, -0.05) is 42.5 Å². The van der Waals surface area contributed by atoms with E-state index in [9.17, 15) is 9.59 Å². The third kappa shape index (κ3) is 3.42. The van der Waals surface area contributed by atoms with Crippen molar-refractivity contribution in [3.63, 3.8) is 0 Å². The Labute approximate surface area is 136 Å². The first-order valence-corrected chi connectivity index (χ1v) is 7.85. The first kappa shape index (κ1) is 15.3. The van der Waals surface area contributed by atoms with Crippen molar-refractivity contribution in [2.75, 3.05) is 11.4 Å². The van der Waals surface area contributed by atoms with Gasteiger partial charge in [0.1, 0.15) is 6.04 Å². The maximum atomic E-state index is 12.5. The van der Waals surface area contributed by atoms with E-state index in [0.717, 1.165) is 16.8 Å². The van der Waals surface area contributed by atoms with Crippen LogP contribution in [0, 0.1) is 6.92 Å². The number of aryl methyl sites for hydroxylation is 1.